The fourth-order valence-electron chi connectivity index (χ4n) is 3.90. The van der Waals surface area contributed by atoms with Crippen LogP contribution in [0.15, 0.2) is 129 Å². The first-order valence-corrected chi connectivity index (χ1v) is 12.2. The molecule has 33 heavy (non-hydrogen) atoms. The Morgan fingerprint density at radius 2 is 1.27 bits per heavy atom. The second-order valence-electron chi connectivity index (χ2n) is 7.62. The molecular formula is C29H20Br2N2. The zero-order valence-electron chi connectivity index (χ0n) is 17.7. The molecule has 4 heteroatoms. The van der Waals surface area contributed by atoms with Crippen LogP contribution in [-0.4, -0.2) is 10.8 Å². The van der Waals surface area contributed by atoms with E-state index < -0.39 is 0 Å². The van der Waals surface area contributed by atoms with E-state index in [2.05, 4.69) is 115 Å². The lowest BCUT2D eigenvalue weighted by molar-refractivity contribution is 1.09. The van der Waals surface area contributed by atoms with Gasteiger partial charge >= 0.3 is 0 Å². The monoisotopic (exact) mass is 554 g/mol. The molecule has 4 aromatic carbocycles. The number of halogens is 2. The number of benzene rings is 4. The van der Waals surface area contributed by atoms with Crippen molar-refractivity contribution in [2.75, 3.05) is 0 Å². The van der Waals surface area contributed by atoms with Crippen LogP contribution in [0.3, 0.4) is 0 Å². The minimum atomic E-state index is 0.904. The van der Waals surface area contributed by atoms with E-state index in [1.807, 2.05) is 42.6 Å². The summed E-state index contributed by atoms with van der Waals surface area (Å²) in [6.45, 7) is 0. The van der Waals surface area contributed by atoms with Crippen molar-refractivity contribution in [3.63, 3.8) is 0 Å². The molecule has 0 radical (unpaired) electrons. The van der Waals surface area contributed by atoms with Crippen LogP contribution >= 0.6 is 31.9 Å². The van der Waals surface area contributed by atoms with Crippen LogP contribution in [0.5, 0.6) is 0 Å². The van der Waals surface area contributed by atoms with E-state index in [0.717, 1.165) is 48.4 Å². The molecule has 0 fully saturated rings. The molecular weight excluding hydrogens is 536 g/mol. The molecule has 0 saturated heterocycles. The fraction of sp³-hybridized carbons (Fsp3) is 0. The van der Waals surface area contributed by atoms with Crippen LogP contribution in [0.1, 0.15) is 5.56 Å². The zero-order chi connectivity index (χ0) is 22.6. The standard InChI is InChI=1S/C29H20Br2N2/c30-24-14-16-27(17-15-24)33-28(21-8-3-1-4-9-21)18-23(29(33)22-10-5-2-6-11-22)20-32-26-13-7-12-25(31)19-26/h1-20H. The lowest BCUT2D eigenvalue weighted by Gasteiger charge is -2.15. The van der Waals surface area contributed by atoms with E-state index in [9.17, 15) is 0 Å². The second-order valence-corrected chi connectivity index (χ2v) is 9.45. The highest BCUT2D eigenvalue weighted by molar-refractivity contribution is 9.10. The highest BCUT2D eigenvalue weighted by Gasteiger charge is 2.18. The van der Waals surface area contributed by atoms with Gasteiger partial charge in [-0.3, -0.25) is 4.99 Å². The Bertz CT molecular complexity index is 1400. The Kier molecular flexibility index (Phi) is 6.38. The number of rotatable bonds is 5. The quantitative estimate of drug-likeness (QED) is 0.192. The van der Waals surface area contributed by atoms with Crippen LogP contribution in [0.2, 0.25) is 0 Å². The second kappa shape index (κ2) is 9.74. The van der Waals surface area contributed by atoms with E-state index in [1.165, 1.54) is 0 Å². The topological polar surface area (TPSA) is 17.3 Å². The number of aromatic nitrogens is 1. The Balaban J connectivity index is 1.77. The van der Waals surface area contributed by atoms with Gasteiger partial charge in [0.1, 0.15) is 0 Å². The van der Waals surface area contributed by atoms with Gasteiger partial charge in [-0.1, -0.05) is 98.6 Å². The van der Waals surface area contributed by atoms with Crippen molar-refractivity contribution < 1.29 is 0 Å². The minimum Gasteiger partial charge on any atom is -0.309 e. The third kappa shape index (κ3) is 4.77. The molecule has 5 rings (SSSR count). The van der Waals surface area contributed by atoms with Gasteiger partial charge in [0.25, 0.3) is 0 Å². The van der Waals surface area contributed by atoms with Crippen molar-refractivity contribution in [3.8, 4) is 28.2 Å². The first kappa shape index (κ1) is 21.6. The van der Waals surface area contributed by atoms with Crippen molar-refractivity contribution in [3.05, 3.63) is 130 Å². The van der Waals surface area contributed by atoms with Gasteiger partial charge in [0.15, 0.2) is 0 Å². The molecule has 160 valence electrons. The number of hydrogen-bond acceptors (Lipinski definition) is 1. The smallest absolute Gasteiger partial charge is 0.0641 e. The molecule has 2 nitrogen and oxygen atoms in total. The predicted octanol–water partition coefficient (Wildman–Crippen LogP) is 9.09. The first-order chi connectivity index (χ1) is 16.2. The van der Waals surface area contributed by atoms with Crippen molar-refractivity contribution in [1.29, 1.82) is 0 Å². The van der Waals surface area contributed by atoms with E-state index in [1.54, 1.807) is 0 Å². The Morgan fingerprint density at radius 1 is 0.606 bits per heavy atom. The Hall–Kier alpha value is -3.21. The van der Waals surface area contributed by atoms with Gasteiger partial charge in [-0.15, -0.1) is 0 Å². The maximum atomic E-state index is 4.80. The van der Waals surface area contributed by atoms with Crippen molar-refractivity contribution in [1.82, 2.24) is 4.57 Å². The number of aliphatic imine (C=N–C) groups is 1. The maximum absolute atomic E-state index is 4.80. The fourth-order valence-corrected chi connectivity index (χ4v) is 4.55. The van der Waals surface area contributed by atoms with Gasteiger partial charge in [0.2, 0.25) is 0 Å². The molecule has 1 heterocycles. The predicted molar refractivity (Wildman–Crippen MR) is 146 cm³/mol. The van der Waals surface area contributed by atoms with E-state index >= 15 is 0 Å². The third-order valence-corrected chi connectivity index (χ3v) is 6.41. The molecule has 0 unspecified atom stereocenters. The highest BCUT2D eigenvalue weighted by atomic mass is 79.9. The molecule has 5 aromatic rings. The van der Waals surface area contributed by atoms with E-state index in [-0.39, 0.29) is 0 Å². The summed E-state index contributed by atoms with van der Waals surface area (Å²) in [6.07, 6.45) is 1.96. The summed E-state index contributed by atoms with van der Waals surface area (Å²) >= 11 is 7.11. The van der Waals surface area contributed by atoms with Gasteiger partial charge in [-0.05, 0) is 59.7 Å². The van der Waals surface area contributed by atoms with E-state index in [0.29, 0.717) is 0 Å². The summed E-state index contributed by atoms with van der Waals surface area (Å²) in [4.78, 5) is 4.80. The van der Waals surface area contributed by atoms with Gasteiger partial charge in [0.05, 0.1) is 17.1 Å². The molecule has 0 spiro atoms. The third-order valence-electron chi connectivity index (χ3n) is 5.39. The summed E-state index contributed by atoms with van der Waals surface area (Å²) in [6, 6.07) is 39.7. The van der Waals surface area contributed by atoms with Crippen molar-refractivity contribution in [2.45, 2.75) is 0 Å². The van der Waals surface area contributed by atoms with Crippen LogP contribution in [-0.2, 0) is 0 Å². The molecule has 0 atom stereocenters. The van der Waals surface area contributed by atoms with E-state index in [4.69, 9.17) is 4.99 Å². The molecule has 1 aromatic heterocycles. The maximum Gasteiger partial charge on any atom is 0.0641 e. The Labute approximate surface area is 210 Å². The van der Waals surface area contributed by atoms with Gasteiger partial charge in [0, 0.05) is 26.4 Å². The van der Waals surface area contributed by atoms with Crippen molar-refractivity contribution >= 4 is 43.8 Å². The highest BCUT2D eigenvalue weighted by Crippen LogP contribution is 2.36. The Morgan fingerprint density at radius 3 is 1.94 bits per heavy atom. The molecule has 0 saturated carbocycles. The average molecular weight is 556 g/mol. The normalized spacial score (nSPS) is 11.2. The summed E-state index contributed by atoms with van der Waals surface area (Å²) < 4.78 is 4.38. The zero-order valence-corrected chi connectivity index (χ0v) is 20.9. The first-order valence-electron chi connectivity index (χ1n) is 10.6. The molecule has 0 aliphatic heterocycles. The molecule has 0 amide bonds. The summed E-state index contributed by atoms with van der Waals surface area (Å²) in [7, 11) is 0. The minimum absolute atomic E-state index is 0.904. The lowest BCUT2D eigenvalue weighted by atomic mass is 10.1. The van der Waals surface area contributed by atoms with Crippen LogP contribution in [0.25, 0.3) is 28.2 Å². The van der Waals surface area contributed by atoms with Gasteiger partial charge < -0.3 is 4.57 Å². The summed E-state index contributed by atoms with van der Waals surface area (Å²) in [5.74, 6) is 0. The lowest BCUT2D eigenvalue weighted by Crippen LogP contribution is -2.00. The average Bonchev–Trinajstić information content (AvgIpc) is 3.24. The number of hydrogen-bond donors (Lipinski definition) is 0. The van der Waals surface area contributed by atoms with Gasteiger partial charge in [-0.2, -0.15) is 0 Å². The largest absolute Gasteiger partial charge is 0.309 e. The summed E-state index contributed by atoms with van der Waals surface area (Å²) in [5, 5.41) is 0. The molecule has 0 bridgehead atoms. The molecule has 0 aliphatic rings. The molecule has 0 aliphatic carbocycles. The SMILES string of the molecule is Brc1ccc(-n2c(-c3ccccc3)cc(C=Nc3cccc(Br)c3)c2-c2ccccc2)cc1. The van der Waals surface area contributed by atoms with Crippen LogP contribution < -0.4 is 0 Å². The van der Waals surface area contributed by atoms with Crippen LogP contribution in [0.4, 0.5) is 5.69 Å². The van der Waals surface area contributed by atoms with Gasteiger partial charge in [-0.25, -0.2) is 0 Å². The summed E-state index contributed by atoms with van der Waals surface area (Å²) in [5.41, 5.74) is 7.57. The van der Waals surface area contributed by atoms with Crippen molar-refractivity contribution in [2.24, 2.45) is 4.99 Å². The van der Waals surface area contributed by atoms with Crippen LogP contribution in [0, 0.1) is 0 Å². The molecule has 0 N–H and O–H groups in total. The number of nitrogens with zero attached hydrogens (tertiary/aromatic N) is 2.